The Kier molecular flexibility index (Phi) is 12.6. The molecule has 1 amide bonds. The molecular formula is C25H31NO5. The summed E-state index contributed by atoms with van der Waals surface area (Å²) < 4.78 is 16.9. The number of benzene rings is 2. The van der Waals surface area contributed by atoms with Crippen LogP contribution in [0, 0.1) is 5.92 Å². The minimum Gasteiger partial charge on any atom is -0.501 e. The molecule has 0 aliphatic rings. The molecule has 2 aromatic carbocycles. The number of hydrogen-bond acceptors (Lipinski definition) is 5. The number of primary amides is 1. The van der Waals surface area contributed by atoms with Gasteiger partial charge in [0.25, 0.3) is 0 Å². The molecule has 0 aliphatic heterocycles. The highest BCUT2D eigenvalue weighted by Crippen LogP contribution is 2.24. The molecule has 6 heteroatoms. The van der Waals surface area contributed by atoms with E-state index < -0.39 is 0 Å². The van der Waals surface area contributed by atoms with Crippen molar-refractivity contribution in [1.29, 1.82) is 0 Å². The number of para-hydroxylation sites is 1. The summed E-state index contributed by atoms with van der Waals surface area (Å²) >= 11 is 0. The Morgan fingerprint density at radius 1 is 1.03 bits per heavy atom. The third-order valence-corrected chi connectivity index (χ3v) is 4.17. The number of ether oxygens (including phenoxy) is 3. The van der Waals surface area contributed by atoms with E-state index in [1.54, 1.807) is 7.11 Å². The monoisotopic (exact) mass is 425 g/mol. The Balaban J connectivity index is 0.00000151. The van der Waals surface area contributed by atoms with Crippen LogP contribution in [-0.2, 0) is 25.5 Å². The van der Waals surface area contributed by atoms with E-state index in [1.807, 2.05) is 61.5 Å². The van der Waals surface area contributed by atoms with Crippen molar-refractivity contribution in [3.05, 3.63) is 83.8 Å². The number of carbonyl (C=O) groups is 2. The molecule has 0 radical (unpaired) electrons. The fraction of sp³-hybridized carbons (Fsp3) is 0.280. The maximum atomic E-state index is 10.6. The number of carbonyl (C=O) groups excluding carboxylic acids is 2. The van der Waals surface area contributed by atoms with E-state index in [0.29, 0.717) is 5.76 Å². The van der Waals surface area contributed by atoms with Crippen LogP contribution in [0.1, 0.15) is 25.8 Å². The van der Waals surface area contributed by atoms with Crippen molar-refractivity contribution in [3.63, 3.8) is 0 Å². The number of nitrogens with two attached hydrogens (primary N) is 1. The second-order valence-electron chi connectivity index (χ2n) is 6.54. The lowest BCUT2D eigenvalue weighted by Crippen LogP contribution is -2.07. The summed E-state index contributed by atoms with van der Waals surface area (Å²) in [5.41, 5.74) is 5.35. The van der Waals surface area contributed by atoms with Gasteiger partial charge < -0.3 is 19.9 Å². The molecule has 0 bridgehead atoms. The SMILES string of the molecule is CC/C=C(\C=C(\OC)C(C)Cc1ccc(Oc2ccccc2)cc1)OCC=O.NC=O. The van der Waals surface area contributed by atoms with Crippen LogP contribution in [0.25, 0.3) is 0 Å². The van der Waals surface area contributed by atoms with Gasteiger partial charge in [0.05, 0.1) is 7.11 Å². The van der Waals surface area contributed by atoms with Crippen LogP contribution in [0.2, 0.25) is 0 Å². The third kappa shape index (κ3) is 10.2. The Labute approximate surface area is 184 Å². The van der Waals surface area contributed by atoms with Gasteiger partial charge in [-0.25, -0.2) is 0 Å². The number of allylic oxidation sites excluding steroid dienone is 3. The van der Waals surface area contributed by atoms with Gasteiger partial charge in [-0.15, -0.1) is 0 Å². The lowest BCUT2D eigenvalue weighted by atomic mass is 9.98. The first-order chi connectivity index (χ1) is 15.1. The summed E-state index contributed by atoms with van der Waals surface area (Å²) in [5.74, 6) is 3.26. The molecule has 2 aromatic rings. The average molecular weight is 426 g/mol. The normalized spacial score (nSPS) is 12.1. The minimum absolute atomic E-state index is 0.0383. The highest BCUT2D eigenvalue weighted by Gasteiger charge is 2.12. The van der Waals surface area contributed by atoms with Gasteiger partial charge >= 0.3 is 0 Å². The highest BCUT2D eigenvalue weighted by atomic mass is 16.5. The van der Waals surface area contributed by atoms with Gasteiger partial charge in [-0.3, -0.25) is 9.59 Å². The van der Waals surface area contributed by atoms with Crippen molar-refractivity contribution >= 4 is 12.7 Å². The zero-order chi connectivity index (χ0) is 22.9. The molecule has 6 nitrogen and oxygen atoms in total. The van der Waals surface area contributed by atoms with Gasteiger partial charge in [-0.1, -0.05) is 44.2 Å². The Morgan fingerprint density at radius 2 is 1.65 bits per heavy atom. The Hall–Kier alpha value is -3.54. The van der Waals surface area contributed by atoms with E-state index >= 15 is 0 Å². The van der Waals surface area contributed by atoms with Gasteiger partial charge in [0.15, 0.2) is 6.29 Å². The molecular weight excluding hydrogens is 394 g/mol. The van der Waals surface area contributed by atoms with Crippen LogP contribution in [0.4, 0.5) is 0 Å². The predicted molar refractivity (Wildman–Crippen MR) is 122 cm³/mol. The number of hydrogen-bond donors (Lipinski definition) is 1. The van der Waals surface area contributed by atoms with Crippen LogP contribution >= 0.6 is 0 Å². The van der Waals surface area contributed by atoms with Crippen molar-refractivity contribution in [3.8, 4) is 11.5 Å². The van der Waals surface area contributed by atoms with E-state index in [4.69, 9.17) is 19.0 Å². The first kappa shape index (κ1) is 25.5. The van der Waals surface area contributed by atoms with Crippen LogP contribution in [0.3, 0.4) is 0 Å². The molecule has 2 rings (SSSR count). The van der Waals surface area contributed by atoms with E-state index in [-0.39, 0.29) is 18.9 Å². The second-order valence-corrected chi connectivity index (χ2v) is 6.54. The quantitative estimate of drug-likeness (QED) is 0.317. The van der Waals surface area contributed by atoms with Crippen LogP contribution in [0.5, 0.6) is 11.5 Å². The molecule has 1 atom stereocenters. The van der Waals surface area contributed by atoms with Crippen LogP contribution in [0.15, 0.2) is 78.3 Å². The maximum Gasteiger partial charge on any atom is 0.204 e. The standard InChI is InChI=1S/C24H28O4.CH3NO/c1-4-8-23(27-16-15-25)18-24(26-3)19(2)17-20-11-13-22(14-12-20)28-21-9-6-5-7-10-21;2-1-3/h5-15,18-19H,4,16-17H2,1-3H3;1H,(H2,2,3)/b23-8+,24-18+;. The predicted octanol–water partition coefficient (Wildman–Crippen LogP) is 4.80. The number of amides is 1. The van der Waals surface area contributed by atoms with Crippen LogP contribution < -0.4 is 10.5 Å². The number of rotatable bonds is 11. The van der Waals surface area contributed by atoms with Gasteiger partial charge in [0, 0.05) is 12.0 Å². The molecule has 166 valence electrons. The highest BCUT2D eigenvalue weighted by molar-refractivity contribution is 5.51. The molecule has 0 aliphatic carbocycles. The molecule has 31 heavy (non-hydrogen) atoms. The fourth-order valence-corrected chi connectivity index (χ4v) is 2.81. The Morgan fingerprint density at radius 3 is 2.19 bits per heavy atom. The molecule has 0 saturated heterocycles. The van der Waals surface area contributed by atoms with Crippen molar-refractivity contribution in [1.82, 2.24) is 0 Å². The zero-order valence-corrected chi connectivity index (χ0v) is 18.3. The second kappa shape index (κ2) is 15.3. The van der Waals surface area contributed by atoms with Gasteiger partial charge in [0.2, 0.25) is 6.41 Å². The Bertz CT molecular complexity index is 829. The van der Waals surface area contributed by atoms with Crippen molar-refractivity contribution in [2.45, 2.75) is 26.7 Å². The summed E-state index contributed by atoms with van der Waals surface area (Å²) in [4.78, 5) is 19.2. The lowest BCUT2D eigenvalue weighted by Gasteiger charge is -2.16. The van der Waals surface area contributed by atoms with Gasteiger partial charge in [-0.05, 0) is 48.7 Å². The fourth-order valence-electron chi connectivity index (χ4n) is 2.81. The topological polar surface area (TPSA) is 87.8 Å². The third-order valence-electron chi connectivity index (χ3n) is 4.17. The lowest BCUT2D eigenvalue weighted by molar-refractivity contribution is -0.110. The summed E-state index contributed by atoms with van der Waals surface area (Å²) in [6, 6.07) is 17.8. The van der Waals surface area contributed by atoms with Gasteiger partial charge in [-0.2, -0.15) is 0 Å². The minimum atomic E-state index is 0.0383. The number of methoxy groups -OCH3 is 1. The molecule has 0 heterocycles. The van der Waals surface area contributed by atoms with Crippen molar-refractivity contribution in [2.75, 3.05) is 13.7 Å². The van der Waals surface area contributed by atoms with E-state index in [0.717, 1.165) is 36.4 Å². The molecule has 2 N–H and O–H groups in total. The molecule has 0 spiro atoms. The zero-order valence-electron chi connectivity index (χ0n) is 18.3. The van der Waals surface area contributed by atoms with E-state index in [9.17, 15) is 4.79 Å². The molecule has 0 saturated carbocycles. The van der Waals surface area contributed by atoms with Crippen molar-refractivity contribution in [2.24, 2.45) is 11.7 Å². The largest absolute Gasteiger partial charge is 0.501 e. The first-order valence-electron chi connectivity index (χ1n) is 10.1. The van der Waals surface area contributed by atoms with E-state index in [2.05, 4.69) is 24.8 Å². The number of aldehydes is 1. The average Bonchev–Trinajstić information content (AvgIpc) is 2.78. The molecule has 0 aromatic heterocycles. The van der Waals surface area contributed by atoms with Crippen molar-refractivity contribution < 1.29 is 23.8 Å². The summed E-state index contributed by atoms with van der Waals surface area (Å²) in [7, 11) is 1.66. The van der Waals surface area contributed by atoms with Crippen LogP contribution in [-0.4, -0.2) is 26.4 Å². The van der Waals surface area contributed by atoms with Gasteiger partial charge in [0.1, 0.15) is 29.6 Å². The molecule has 0 fully saturated rings. The smallest absolute Gasteiger partial charge is 0.204 e. The summed E-state index contributed by atoms with van der Waals surface area (Å²) in [5, 5.41) is 0. The summed E-state index contributed by atoms with van der Waals surface area (Å²) in [6.45, 7) is 4.16. The maximum absolute atomic E-state index is 10.6. The molecule has 1 unspecified atom stereocenters. The van der Waals surface area contributed by atoms with E-state index in [1.165, 1.54) is 5.56 Å². The first-order valence-corrected chi connectivity index (χ1v) is 10.1. The summed E-state index contributed by atoms with van der Waals surface area (Å²) in [6.07, 6.45) is 6.43.